The summed E-state index contributed by atoms with van der Waals surface area (Å²) >= 11 is 0. The highest BCUT2D eigenvalue weighted by Crippen LogP contribution is 2.38. The first-order chi connectivity index (χ1) is 17.0. The number of aromatic nitrogens is 2. The number of hydrogen-bond acceptors (Lipinski definition) is 4. The average Bonchev–Trinajstić information content (AvgIpc) is 3.36. The highest BCUT2D eigenvalue weighted by Gasteiger charge is 2.47. The van der Waals surface area contributed by atoms with Gasteiger partial charge in [-0.25, -0.2) is 4.68 Å². The van der Waals surface area contributed by atoms with Crippen molar-refractivity contribution in [1.29, 1.82) is 0 Å². The molecule has 1 N–H and O–H groups in total. The molecule has 2 aliphatic rings. The molecule has 0 spiro atoms. The minimum Gasteiger partial charge on any atom is -0.311 e. The fourth-order valence-corrected chi connectivity index (χ4v) is 5.21. The van der Waals surface area contributed by atoms with Crippen LogP contribution in [0, 0.1) is 18.8 Å². The lowest BCUT2D eigenvalue weighted by molar-refractivity contribution is -0.140. The quantitative estimate of drug-likeness (QED) is 0.519. The van der Waals surface area contributed by atoms with E-state index in [1.165, 1.54) is 4.90 Å². The van der Waals surface area contributed by atoms with Crippen LogP contribution in [0.1, 0.15) is 43.2 Å². The third kappa shape index (κ3) is 4.90. The van der Waals surface area contributed by atoms with Gasteiger partial charge in [0.25, 0.3) is 0 Å². The summed E-state index contributed by atoms with van der Waals surface area (Å²) in [4.78, 5) is 39.7. The van der Waals surface area contributed by atoms with Crippen LogP contribution in [0.2, 0.25) is 0 Å². The lowest BCUT2D eigenvalue weighted by atomic mass is 9.81. The molecule has 2 atom stereocenters. The Morgan fingerprint density at radius 1 is 0.971 bits per heavy atom. The number of benzene rings is 2. The van der Waals surface area contributed by atoms with E-state index >= 15 is 0 Å². The zero-order chi connectivity index (χ0) is 24.4. The molecule has 2 unspecified atom stereocenters. The van der Waals surface area contributed by atoms with Crippen LogP contribution >= 0.6 is 0 Å². The van der Waals surface area contributed by atoms with Crippen LogP contribution in [-0.2, 0) is 20.9 Å². The zero-order valence-electron chi connectivity index (χ0n) is 19.9. The molecule has 1 saturated heterocycles. The largest absolute Gasteiger partial charge is 0.311 e. The Bertz CT molecular complexity index is 1230. The van der Waals surface area contributed by atoms with Crippen molar-refractivity contribution in [2.75, 3.05) is 11.9 Å². The molecule has 180 valence electrons. The number of amides is 3. The summed E-state index contributed by atoms with van der Waals surface area (Å²) in [6.45, 7) is 2.66. The molecule has 7 nitrogen and oxygen atoms in total. The van der Waals surface area contributed by atoms with Gasteiger partial charge in [0, 0.05) is 24.6 Å². The van der Waals surface area contributed by atoms with Crippen molar-refractivity contribution in [3.05, 3.63) is 71.8 Å². The fraction of sp³-hybridized carbons (Fsp3) is 0.357. The van der Waals surface area contributed by atoms with Gasteiger partial charge in [-0.3, -0.25) is 19.3 Å². The lowest BCUT2D eigenvalue weighted by Crippen LogP contribution is -2.34. The van der Waals surface area contributed by atoms with Gasteiger partial charge in [-0.2, -0.15) is 5.10 Å². The Balaban J connectivity index is 1.31. The van der Waals surface area contributed by atoms with E-state index in [4.69, 9.17) is 5.10 Å². The molecule has 2 aromatic carbocycles. The second-order valence-electron chi connectivity index (χ2n) is 9.55. The molecular weight excluding hydrogens is 440 g/mol. The van der Waals surface area contributed by atoms with Gasteiger partial charge >= 0.3 is 0 Å². The van der Waals surface area contributed by atoms with Crippen molar-refractivity contribution < 1.29 is 14.4 Å². The van der Waals surface area contributed by atoms with Gasteiger partial charge in [-0.15, -0.1) is 0 Å². The second kappa shape index (κ2) is 9.86. The molecule has 1 aliphatic heterocycles. The second-order valence-corrected chi connectivity index (χ2v) is 9.55. The van der Waals surface area contributed by atoms with E-state index in [-0.39, 0.29) is 42.5 Å². The van der Waals surface area contributed by atoms with E-state index in [9.17, 15) is 14.4 Å². The first-order valence-electron chi connectivity index (χ1n) is 12.3. The Hall–Kier alpha value is -3.74. The fourth-order valence-electron chi connectivity index (χ4n) is 5.21. The molecule has 1 saturated carbocycles. The number of aryl methyl sites for hydroxylation is 1. The average molecular weight is 471 g/mol. The van der Waals surface area contributed by atoms with Gasteiger partial charge in [0.2, 0.25) is 17.7 Å². The number of imide groups is 1. The summed E-state index contributed by atoms with van der Waals surface area (Å²) in [6.07, 6.45) is 3.59. The third-order valence-electron chi connectivity index (χ3n) is 7.03. The maximum absolute atomic E-state index is 12.9. The number of anilines is 1. The van der Waals surface area contributed by atoms with Crippen LogP contribution in [0.5, 0.6) is 0 Å². The predicted octanol–water partition coefficient (Wildman–Crippen LogP) is 4.41. The van der Waals surface area contributed by atoms with Crippen molar-refractivity contribution in [2.45, 2.75) is 45.6 Å². The topological polar surface area (TPSA) is 84.3 Å². The van der Waals surface area contributed by atoms with Crippen molar-refractivity contribution >= 4 is 23.5 Å². The number of carbonyl (C=O) groups is 3. The van der Waals surface area contributed by atoms with Gasteiger partial charge in [-0.05, 0) is 31.4 Å². The standard InChI is InChI=1S/C28H30N4O3/c1-19-8-7-11-21(16-19)24-17-25(32(30-24)18-20-9-3-2-4-10-20)29-26(33)14-15-31-27(34)22-12-5-6-13-23(22)28(31)35/h2-4,7-11,16-17,22-23H,5-6,12-15,18H2,1H3,(H,29,33). The zero-order valence-corrected chi connectivity index (χ0v) is 19.9. The van der Waals surface area contributed by atoms with Crippen molar-refractivity contribution in [1.82, 2.24) is 14.7 Å². The number of nitrogens with zero attached hydrogens (tertiary/aromatic N) is 3. The van der Waals surface area contributed by atoms with Gasteiger partial charge in [0.1, 0.15) is 5.82 Å². The van der Waals surface area contributed by atoms with E-state index < -0.39 is 0 Å². The highest BCUT2D eigenvalue weighted by molar-refractivity contribution is 6.05. The number of nitrogens with one attached hydrogen (secondary N) is 1. The minimum absolute atomic E-state index is 0.0627. The number of carbonyl (C=O) groups excluding carboxylic acids is 3. The van der Waals surface area contributed by atoms with Crippen molar-refractivity contribution in [3.63, 3.8) is 0 Å². The summed E-state index contributed by atoms with van der Waals surface area (Å²) in [5.41, 5.74) is 3.95. The molecule has 35 heavy (non-hydrogen) atoms. The van der Waals surface area contributed by atoms with Crippen LogP contribution in [0.15, 0.2) is 60.7 Å². The van der Waals surface area contributed by atoms with E-state index in [1.54, 1.807) is 4.68 Å². The van der Waals surface area contributed by atoms with Gasteiger partial charge in [0.05, 0.1) is 24.1 Å². The molecule has 2 fully saturated rings. The molecule has 1 aliphatic carbocycles. The monoisotopic (exact) mass is 470 g/mol. The summed E-state index contributed by atoms with van der Waals surface area (Å²) in [5, 5.41) is 7.73. The molecule has 2 heterocycles. The highest BCUT2D eigenvalue weighted by atomic mass is 16.2. The molecule has 0 bridgehead atoms. The minimum atomic E-state index is -0.245. The Labute approximate surface area is 205 Å². The smallest absolute Gasteiger partial charge is 0.233 e. The predicted molar refractivity (Wildman–Crippen MR) is 133 cm³/mol. The van der Waals surface area contributed by atoms with Crippen molar-refractivity contribution in [2.24, 2.45) is 11.8 Å². The Morgan fingerprint density at radius 2 is 1.69 bits per heavy atom. The molecule has 7 heteroatoms. The summed E-state index contributed by atoms with van der Waals surface area (Å²) in [7, 11) is 0. The molecule has 5 rings (SSSR count). The maximum Gasteiger partial charge on any atom is 0.233 e. The number of likely N-dealkylation sites (tertiary alicyclic amines) is 1. The Kier molecular flexibility index (Phi) is 6.49. The van der Waals surface area contributed by atoms with Crippen LogP contribution in [-0.4, -0.2) is 38.9 Å². The van der Waals surface area contributed by atoms with Crippen LogP contribution in [0.3, 0.4) is 0 Å². The molecule has 0 radical (unpaired) electrons. The number of rotatable bonds is 7. The van der Waals surface area contributed by atoms with Crippen LogP contribution < -0.4 is 5.32 Å². The first kappa shape index (κ1) is 23.0. The summed E-state index contributed by atoms with van der Waals surface area (Å²) in [5.74, 6) is -0.257. The van der Waals surface area contributed by atoms with Gasteiger partial charge in [0.15, 0.2) is 0 Å². The van der Waals surface area contributed by atoms with Gasteiger partial charge < -0.3 is 5.32 Å². The normalized spacial score (nSPS) is 19.6. The number of fused-ring (bicyclic) bond motifs is 1. The summed E-state index contributed by atoms with van der Waals surface area (Å²) in [6, 6.07) is 19.9. The maximum atomic E-state index is 12.9. The molecule has 1 aromatic heterocycles. The molecular formula is C28H30N4O3. The third-order valence-corrected chi connectivity index (χ3v) is 7.03. The van der Waals surface area contributed by atoms with E-state index in [2.05, 4.69) is 11.4 Å². The van der Waals surface area contributed by atoms with E-state index in [0.29, 0.717) is 12.4 Å². The summed E-state index contributed by atoms with van der Waals surface area (Å²) < 4.78 is 1.78. The number of hydrogen-bond donors (Lipinski definition) is 1. The van der Waals surface area contributed by atoms with Crippen LogP contribution in [0.4, 0.5) is 5.82 Å². The Morgan fingerprint density at radius 3 is 2.37 bits per heavy atom. The van der Waals surface area contributed by atoms with E-state index in [0.717, 1.165) is 48.1 Å². The van der Waals surface area contributed by atoms with E-state index in [1.807, 2.05) is 61.5 Å². The molecule has 3 aromatic rings. The van der Waals surface area contributed by atoms with Gasteiger partial charge in [-0.1, -0.05) is 66.9 Å². The SMILES string of the molecule is Cc1cccc(-c2cc(NC(=O)CCN3C(=O)C4CCCCC4C3=O)n(Cc3ccccc3)n2)c1. The van der Waals surface area contributed by atoms with Crippen LogP contribution in [0.25, 0.3) is 11.3 Å². The van der Waals surface area contributed by atoms with Crippen molar-refractivity contribution in [3.8, 4) is 11.3 Å². The first-order valence-corrected chi connectivity index (χ1v) is 12.3. The molecule has 3 amide bonds. The lowest BCUT2D eigenvalue weighted by Gasteiger charge is -2.19.